The zero-order valence-corrected chi connectivity index (χ0v) is 12.8. The van der Waals surface area contributed by atoms with Gasteiger partial charge in [-0.15, -0.1) is 5.10 Å². The minimum Gasteiger partial charge on any atom is -0.349 e. The average Bonchev–Trinajstić information content (AvgIpc) is 2.93. The van der Waals surface area contributed by atoms with Gasteiger partial charge in [-0.25, -0.2) is 13.1 Å². The Balaban J connectivity index is 1.99. The molecule has 2 rings (SSSR count). The highest BCUT2D eigenvalue weighted by atomic mass is 32.2. The molecule has 0 saturated heterocycles. The van der Waals surface area contributed by atoms with E-state index in [4.69, 9.17) is 5.73 Å². The van der Waals surface area contributed by atoms with E-state index in [1.807, 2.05) is 0 Å². The van der Waals surface area contributed by atoms with Gasteiger partial charge in [0.15, 0.2) is 0 Å². The summed E-state index contributed by atoms with van der Waals surface area (Å²) in [5, 5.41) is 10.4. The van der Waals surface area contributed by atoms with Crippen LogP contribution in [0.3, 0.4) is 0 Å². The maximum Gasteiger partial charge on any atom is 0.234 e. The lowest BCUT2D eigenvalue weighted by Gasteiger charge is -2.27. The minimum atomic E-state index is -3.02. The number of carbonyl (C=O) groups is 1. The molecule has 1 saturated carbocycles. The standard InChI is InChI=1S/C12H21N5O3S/c1-21(19,20)11-4-2-3-10(5-11)17-8-9(15-16-17)7-14-12(18)6-13/h8,10-11H,2-7,13H2,1H3,(H,14,18). The van der Waals surface area contributed by atoms with Gasteiger partial charge in [0.2, 0.25) is 5.91 Å². The highest BCUT2D eigenvalue weighted by Crippen LogP contribution is 2.31. The Morgan fingerprint density at radius 1 is 1.52 bits per heavy atom. The number of hydrogen-bond acceptors (Lipinski definition) is 6. The summed E-state index contributed by atoms with van der Waals surface area (Å²) in [5.41, 5.74) is 5.84. The highest BCUT2D eigenvalue weighted by molar-refractivity contribution is 7.91. The average molecular weight is 315 g/mol. The van der Waals surface area contributed by atoms with Crippen molar-refractivity contribution in [3.8, 4) is 0 Å². The smallest absolute Gasteiger partial charge is 0.234 e. The molecule has 21 heavy (non-hydrogen) atoms. The number of aromatic nitrogens is 3. The van der Waals surface area contributed by atoms with Crippen LogP contribution in [-0.2, 0) is 21.2 Å². The van der Waals surface area contributed by atoms with Crippen LogP contribution in [0.5, 0.6) is 0 Å². The van der Waals surface area contributed by atoms with Gasteiger partial charge in [-0.05, 0) is 19.3 Å². The van der Waals surface area contributed by atoms with Gasteiger partial charge < -0.3 is 11.1 Å². The molecule has 1 aromatic rings. The van der Waals surface area contributed by atoms with Crippen LogP contribution in [0.25, 0.3) is 0 Å². The van der Waals surface area contributed by atoms with Crippen molar-refractivity contribution in [2.75, 3.05) is 12.8 Å². The van der Waals surface area contributed by atoms with E-state index in [9.17, 15) is 13.2 Å². The van der Waals surface area contributed by atoms with Crippen molar-refractivity contribution in [2.24, 2.45) is 5.73 Å². The van der Waals surface area contributed by atoms with Gasteiger partial charge in [0.25, 0.3) is 0 Å². The number of sulfone groups is 1. The Morgan fingerprint density at radius 3 is 2.95 bits per heavy atom. The largest absolute Gasteiger partial charge is 0.349 e. The number of carbonyl (C=O) groups excluding carboxylic acids is 1. The Labute approximate surface area is 124 Å². The van der Waals surface area contributed by atoms with E-state index in [0.717, 1.165) is 12.8 Å². The SMILES string of the molecule is CS(=O)(=O)C1CCCC(n2cc(CNC(=O)CN)nn2)C1. The van der Waals surface area contributed by atoms with Crippen molar-refractivity contribution >= 4 is 15.7 Å². The number of nitrogens with zero attached hydrogens (tertiary/aromatic N) is 3. The molecule has 1 fully saturated rings. The lowest BCUT2D eigenvalue weighted by Crippen LogP contribution is -2.30. The zero-order chi connectivity index (χ0) is 15.5. The number of hydrogen-bond donors (Lipinski definition) is 2. The lowest BCUT2D eigenvalue weighted by atomic mass is 9.95. The molecule has 1 amide bonds. The molecule has 3 N–H and O–H groups in total. The summed E-state index contributed by atoms with van der Waals surface area (Å²) in [7, 11) is -3.02. The monoisotopic (exact) mass is 315 g/mol. The molecular weight excluding hydrogens is 294 g/mol. The van der Waals surface area contributed by atoms with Crippen LogP contribution < -0.4 is 11.1 Å². The van der Waals surface area contributed by atoms with Crippen molar-refractivity contribution in [2.45, 2.75) is 43.5 Å². The summed E-state index contributed by atoms with van der Waals surface area (Å²) >= 11 is 0. The molecule has 0 aliphatic heterocycles. The third kappa shape index (κ3) is 4.24. The fourth-order valence-electron chi connectivity index (χ4n) is 2.58. The molecule has 0 spiro atoms. The summed E-state index contributed by atoms with van der Waals surface area (Å²) in [4.78, 5) is 11.1. The number of amides is 1. The number of nitrogens with one attached hydrogen (secondary N) is 1. The van der Waals surface area contributed by atoms with Gasteiger partial charge in [0.1, 0.15) is 15.5 Å². The zero-order valence-electron chi connectivity index (χ0n) is 12.0. The molecule has 2 atom stereocenters. The fraction of sp³-hybridized carbons (Fsp3) is 0.750. The van der Waals surface area contributed by atoms with Crippen LogP contribution >= 0.6 is 0 Å². The molecule has 1 heterocycles. The number of nitrogens with two attached hydrogens (primary N) is 1. The van der Waals surface area contributed by atoms with Gasteiger partial charge >= 0.3 is 0 Å². The van der Waals surface area contributed by atoms with Gasteiger partial charge in [-0.1, -0.05) is 11.6 Å². The second kappa shape index (κ2) is 6.52. The first-order valence-corrected chi connectivity index (χ1v) is 8.92. The predicted octanol–water partition coefficient (Wildman–Crippen LogP) is -0.619. The molecule has 118 valence electrons. The number of rotatable bonds is 5. The third-order valence-electron chi connectivity index (χ3n) is 3.79. The Bertz CT molecular complexity index is 598. The van der Waals surface area contributed by atoms with Crippen molar-refractivity contribution in [3.63, 3.8) is 0 Å². The van der Waals surface area contributed by atoms with Crippen LogP contribution in [0, 0.1) is 0 Å². The first-order valence-electron chi connectivity index (χ1n) is 6.96. The van der Waals surface area contributed by atoms with Crippen molar-refractivity contribution < 1.29 is 13.2 Å². The maximum atomic E-state index is 11.7. The van der Waals surface area contributed by atoms with Crippen LogP contribution in [0.1, 0.15) is 37.4 Å². The molecule has 1 aliphatic rings. The first-order chi connectivity index (χ1) is 9.90. The Morgan fingerprint density at radius 2 is 2.29 bits per heavy atom. The Kier molecular flexibility index (Phi) is 4.94. The van der Waals surface area contributed by atoms with Crippen LogP contribution in [0.15, 0.2) is 6.20 Å². The second-order valence-corrected chi connectivity index (χ2v) is 7.77. The molecule has 0 aromatic carbocycles. The van der Waals surface area contributed by atoms with E-state index < -0.39 is 9.84 Å². The summed E-state index contributed by atoms with van der Waals surface area (Å²) in [5.74, 6) is -0.251. The fourth-order valence-corrected chi connectivity index (χ4v) is 3.75. The highest BCUT2D eigenvalue weighted by Gasteiger charge is 2.30. The van der Waals surface area contributed by atoms with Crippen molar-refractivity contribution in [3.05, 3.63) is 11.9 Å². The van der Waals surface area contributed by atoms with E-state index in [0.29, 0.717) is 18.5 Å². The predicted molar refractivity (Wildman–Crippen MR) is 77.1 cm³/mol. The van der Waals surface area contributed by atoms with E-state index in [-0.39, 0.29) is 30.3 Å². The molecule has 1 aromatic heterocycles. The van der Waals surface area contributed by atoms with Crippen LogP contribution in [0.2, 0.25) is 0 Å². The molecular formula is C12H21N5O3S. The van der Waals surface area contributed by atoms with Gasteiger partial charge in [0, 0.05) is 6.26 Å². The lowest BCUT2D eigenvalue weighted by molar-refractivity contribution is -0.119. The molecule has 1 aliphatic carbocycles. The molecule has 8 nitrogen and oxygen atoms in total. The molecule has 2 unspecified atom stereocenters. The van der Waals surface area contributed by atoms with Crippen LogP contribution in [-0.4, -0.2) is 47.4 Å². The van der Waals surface area contributed by atoms with Crippen molar-refractivity contribution in [1.82, 2.24) is 20.3 Å². The van der Waals surface area contributed by atoms with Gasteiger partial charge in [-0.2, -0.15) is 0 Å². The summed E-state index contributed by atoms with van der Waals surface area (Å²) in [6.45, 7) is 0.213. The van der Waals surface area contributed by atoms with E-state index in [2.05, 4.69) is 15.6 Å². The van der Waals surface area contributed by atoms with E-state index in [1.165, 1.54) is 6.26 Å². The topological polar surface area (TPSA) is 120 Å². The van der Waals surface area contributed by atoms with Gasteiger partial charge in [0.05, 0.1) is 30.6 Å². The van der Waals surface area contributed by atoms with Gasteiger partial charge in [-0.3, -0.25) is 4.79 Å². The van der Waals surface area contributed by atoms with Crippen molar-refractivity contribution in [1.29, 1.82) is 0 Å². The first kappa shape index (κ1) is 15.9. The van der Waals surface area contributed by atoms with E-state index >= 15 is 0 Å². The third-order valence-corrected chi connectivity index (χ3v) is 5.43. The van der Waals surface area contributed by atoms with Crippen LogP contribution in [0.4, 0.5) is 0 Å². The quantitative estimate of drug-likeness (QED) is 0.747. The van der Waals surface area contributed by atoms with E-state index in [1.54, 1.807) is 10.9 Å². The summed E-state index contributed by atoms with van der Waals surface area (Å²) in [6, 6.07) is 0.0462. The summed E-state index contributed by atoms with van der Waals surface area (Å²) in [6.07, 6.45) is 6.08. The summed E-state index contributed by atoms with van der Waals surface area (Å²) < 4.78 is 25.1. The minimum absolute atomic E-state index is 0.0462. The Hall–Kier alpha value is -1.48. The molecule has 0 radical (unpaired) electrons. The second-order valence-electron chi connectivity index (χ2n) is 5.44. The molecule has 9 heteroatoms. The normalized spacial score (nSPS) is 23.0. The molecule has 0 bridgehead atoms. The maximum absolute atomic E-state index is 11.7.